The maximum atomic E-state index is 8.53. The largest absolute Gasteiger partial charge is 0.478 e. The standard InChI is InChI=1S/C15H22N2O2/c1-13(2)12-18-10-8-17-11-14-5-3-4-6-15(14)19-9-7-16/h3-6,13,17H,8-12H2,1-2H3. The molecule has 4 nitrogen and oxygen atoms in total. The van der Waals surface area contributed by atoms with Crippen LogP contribution in [0.15, 0.2) is 24.3 Å². The normalized spacial score (nSPS) is 10.4. The lowest BCUT2D eigenvalue weighted by molar-refractivity contribution is 0.111. The highest BCUT2D eigenvalue weighted by Crippen LogP contribution is 2.17. The van der Waals surface area contributed by atoms with Crippen LogP contribution in [0.3, 0.4) is 0 Å². The fraction of sp³-hybridized carbons (Fsp3) is 0.533. The summed E-state index contributed by atoms with van der Waals surface area (Å²) in [4.78, 5) is 0. The van der Waals surface area contributed by atoms with Crippen LogP contribution in [0.4, 0.5) is 0 Å². The van der Waals surface area contributed by atoms with Crippen LogP contribution < -0.4 is 10.1 Å². The molecule has 0 bridgehead atoms. The third-order valence-corrected chi connectivity index (χ3v) is 2.45. The summed E-state index contributed by atoms with van der Waals surface area (Å²) in [5, 5.41) is 11.8. The Hall–Kier alpha value is -1.57. The quantitative estimate of drug-likeness (QED) is 0.694. The molecule has 0 heterocycles. The van der Waals surface area contributed by atoms with E-state index in [2.05, 4.69) is 19.2 Å². The van der Waals surface area contributed by atoms with E-state index in [1.807, 2.05) is 30.3 Å². The molecule has 1 aromatic rings. The molecule has 0 atom stereocenters. The highest BCUT2D eigenvalue weighted by molar-refractivity contribution is 5.33. The minimum absolute atomic E-state index is 0.0779. The zero-order chi connectivity index (χ0) is 13.9. The van der Waals surface area contributed by atoms with E-state index in [4.69, 9.17) is 14.7 Å². The van der Waals surface area contributed by atoms with E-state index in [1.54, 1.807) is 0 Å². The molecule has 0 unspecified atom stereocenters. The second kappa shape index (κ2) is 9.37. The Morgan fingerprint density at radius 3 is 2.84 bits per heavy atom. The van der Waals surface area contributed by atoms with Crippen LogP contribution in [0, 0.1) is 17.2 Å². The lowest BCUT2D eigenvalue weighted by Crippen LogP contribution is -2.20. The number of hydrogen-bond donors (Lipinski definition) is 1. The molecule has 104 valence electrons. The molecule has 0 aliphatic heterocycles. The Balaban J connectivity index is 2.27. The van der Waals surface area contributed by atoms with Gasteiger partial charge in [0.25, 0.3) is 0 Å². The number of nitriles is 1. The Kier molecular flexibility index (Phi) is 7.64. The predicted octanol–water partition coefficient (Wildman–Crippen LogP) is 2.35. The fourth-order valence-electron chi connectivity index (χ4n) is 1.59. The molecule has 0 saturated carbocycles. The summed E-state index contributed by atoms with van der Waals surface area (Å²) in [7, 11) is 0. The van der Waals surface area contributed by atoms with Crippen LogP contribution in [-0.4, -0.2) is 26.4 Å². The Labute approximate surface area is 115 Å². The summed E-state index contributed by atoms with van der Waals surface area (Å²) in [6.45, 7) is 7.37. The van der Waals surface area contributed by atoms with E-state index in [1.165, 1.54) is 0 Å². The van der Waals surface area contributed by atoms with Crippen LogP contribution in [0.2, 0.25) is 0 Å². The average Bonchev–Trinajstić information content (AvgIpc) is 2.41. The minimum atomic E-state index is 0.0779. The van der Waals surface area contributed by atoms with Gasteiger partial charge in [0, 0.05) is 25.3 Å². The summed E-state index contributed by atoms with van der Waals surface area (Å²) in [6, 6.07) is 9.72. The van der Waals surface area contributed by atoms with Crippen molar-refractivity contribution in [3.8, 4) is 11.8 Å². The number of nitrogens with one attached hydrogen (secondary N) is 1. The molecular weight excluding hydrogens is 240 g/mol. The number of nitrogens with zero attached hydrogens (tertiary/aromatic N) is 1. The van der Waals surface area contributed by atoms with Crippen molar-refractivity contribution in [1.29, 1.82) is 5.26 Å². The second-order valence-electron chi connectivity index (χ2n) is 4.70. The zero-order valence-electron chi connectivity index (χ0n) is 11.7. The van der Waals surface area contributed by atoms with Gasteiger partial charge < -0.3 is 14.8 Å². The second-order valence-corrected chi connectivity index (χ2v) is 4.70. The molecule has 1 rings (SSSR count). The first-order valence-corrected chi connectivity index (χ1v) is 6.60. The van der Waals surface area contributed by atoms with Gasteiger partial charge in [-0.05, 0) is 12.0 Å². The molecule has 1 aromatic carbocycles. The van der Waals surface area contributed by atoms with Crippen LogP contribution in [-0.2, 0) is 11.3 Å². The molecule has 0 fully saturated rings. The van der Waals surface area contributed by atoms with E-state index in [-0.39, 0.29) is 6.61 Å². The number of ether oxygens (including phenoxy) is 2. The van der Waals surface area contributed by atoms with Gasteiger partial charge in [-0.15, -0.1) is 0 Å². The van der Waals surface area contributed by atoms with Crippen molar-refractivity contribution in [2.75, 3.05) is 26.4 Å². The SMILES string of the molecule is CC(C)COCCNCc1ccccc1OCC#N. The van der Waals surface area contributed by atoms with Gasteiger partial charge in [0.2, 0.25) is 0 Å². The summed E-state index contributed by atoms with van der Waals surface area (Å²) < 4.78 is 10.9. The van der Waals surface area contributed by atoms with Gasteiger partial charge in [-0.25, -0.2) is 0 Å². The van der Waals surface area contributed by atoms with E-state index in [9.17, 15) is 0 Å². The summed E-state index contributed by atoms with van der Waals surface area (Å²) in [5.74, 6) is 1.33. The Bertz CT molecular complexity index is 399. The van der Waals surface area contributed by atoms with Crippen LogP contribution in [0.5, 0.6) is 5.75 Å². The molecule has 0 amide bonds. The number of hydrogen-bond acceptors (Lipinski definition) is 4. The maximum absolute atomic E-state index is 8.53. The van der Waals surface area contributed by atoms with E-state index in [0.29, 0.717) is 19.1 Å². The molecule has 4 heteroatoms. The molecule has 0 aliphatic carbocycles. The molecule has 0 aromatic heterocycles. The van der Waals surface area contributed by atoms with Crippen LogP contribution in [0.1, 0.15) is 19.4 Å². The summed E-state index contributed by atoms with van der Waals surface area (Å²) in [5.41, 5.74) is 1.06. The smallest absolute Gasteiger partial charge is 0.174 e. The Morgan fingerprint density at radius 2 is 2.11 bits per heavy atom. The van der Waals surface area contributed by atoms with Crippen LogP contribution >= 0.6 is 0 Å². The molecular formula is C15H22N2O2. The van der Waals surface area contributed by atoms with Crippen molar-refractivity contribution in [2.45, 2.75) is 20.4 Å². The third kappa shape index (κ3) is 6.80. The van der Waals surface area contributed by atoms with E-state index in [0.717, 1.165) is 24.5 Å². The van der Waals surface area contributed by atoms with Gasteiger partial charge in [-0.3, -0.25) is 0 Å². The van der Waals surface area contributed by atoms with Crippen molar-refractivity contribution in [3.05, 3.63) is 29.8 Å². The van der Waals surface area contributed by atoms with Crippen molar-refractivity contribution < 1.29 is 9.47 Å². The van der Waals surface area contributed by atoms with Crippen molar-refractivity contribution in [2.24, 2.45) is 5.92 Å². The van der Waals surface area contributed by atoms with Crippen LogP contribution in [0.25, 0.3) is 0 Å². The molecule has 0 radical (unpaired) electrons. The van der Waals surface area contributed by atoms with Gasteiger partial charge >= 0.3 is 0 Å². The molecule has 0 spiro atoms. The minimum Gasteiger partial charge on any atom is -0.478 e. The van der Waals surface area contributed by atoms with Gasteiger partial charge in [-0.1, -0.05) is 32.0 Å². The average molecular weight is 262 g/mol. The summed E-state index contributed by atoms with van der Waals surface area (Å²) >= 11 is 0. The fourth-order valence-corrected chi connectivity index (χ4v) is 1.59. The van der Waals surface area contributed by atoms with Crippen molar-refractivity contribution in [3.63, 3.8) is 0 Å². The number of para-hydroxylation sites is 1. The maximum Gasteiger partial charge on any atom is 0.174 e. The Morgan fingerprint density at radius 1 is 1.32 bits per heavy atom. The van der Waals surface area contributed by atoms with Gasteiger partial charge in [0.15, 0.2) is 6.61 Å². The van der Waals surface area contributed by atoms with Crippen molar-refractivity contribution in [1.82, 2.24) is 5.32 Å². The predicted molar refractivity (Wildman–Crippen MR) is 74.9 cm³/mol. The van der Waals surface area contributed by atoms with Crippen molar-refractivity contribution >= 4 is 0 Å². The lowest BCUT2D eigenvalue weighted by atomic mass is 10.2. The molecule has 0 saturated heterocycles. The first kappa shape index (κ1) is 15.5. The van der Waals surface area contributed by atoms with E-state index >= 15 is 0 Å². The lowest BCUT2D eigenvalue weighted by Gasteiger charge is -2.11. The topological polar surface area (TPSA) is 54.3 Å². The monoisotopic (exact) mass is 262 g/mol. The first-order chi connectivity index (χ1) is 9.24. The van der Waals surface area contributed by atoms with Gasteiger partial charge in [0.1, 0.15) is 11.8 Å². The number of benzene rings is 1. The molecule has 1 N–H and O–H groups in total. The van der Waals surface area contributed by atoms with E-state index < -0.39 is 0 Å². The summed E-state index contributed by atoms with van der Waals surface area (Å²) in [6.07, 6.45) is 0. The highest BCUT2D eigenvalue weighted by Gasteiger charge is 2.02. The van der Waals surface area contributed by atoms with Gasteiger partial charge in [0.05, 0.1) is 6.61 Å². The highest BCUT2D eigenvalue weighted by atomic mass is 16.5. The zero-order valence-corrected chi connectivity index (χ0v) is 11.7. The third-order valence-electron chi connectivity index (χ3n) is 2.45. The molecule has 0 aliphatic rings. The molecule has 19 heavy (non-hydrogen) atoms. The first-order valence-electron chi connectivity index (χ1n) is 6.60. The number of rotatable bonds is 9. The van der Waals surface area contributed by atoms with Gasteiger partial charge in [-0.2, -0.15) is 5.26 Å².